The number of hydrogen-bond donors (Lipinski definition) is 2. The van der Waals surface area contributed by atoms with E-state index in [0.29, 0.717) is 25.8 Å². The van der Waals surface area contributed by atoms with Crippen LogP contribution in [-0.2, 0) is 25.5 Å². The molecule has 1 aliphatic heterocycles. The van der Waals surface area contributed by atoms with Gasteiger partial charge in [-0.3, -0.25) is 19.4 Å². The third-order valence-corrected chi connectivity index (χ3v) is 6.64. The van der Waals surface area contributed by atoms with Crippen LogP contribution in [0.25, 0.3) is 0 Å². The van der Waals surface area contributed by atoms with Gasteiger partial charge in [0.15, 0.2) is 6.23 Å². The quantitative estimate of drug-likeness (QED) is 0.432. The number of rotatable bonds is 11. The molecule has 38 heavy (non-hydrogen) atoms. The van der Waals surface area contributed by atoms with E-state index in [1.807, 2.05) is 57.2 Å². The fourth-order valence-electron chi connectivity index (χ4n) is 4.57. The minimum atomic E-state index is -1.03. The summed E-state index contributed by atoms with van der Waals surface area (Å²) in [5.41, 5.74) is 1.39. The molecule has 3 atom stereocenters. The molecule has 0 saturated carbocycles. The highest BCUT2D eigenvalue weighted by molar-refractivity contribution is 6.38. The number of aromatic nitrogens is 1. The minimum absolute atomic E-state index is 0.142. The van der Waals surface area contributed by atoms with E-state index in [0.717, 1.165) is 17.5 Å². The summed E-state index contributed by atoms with van der Waals surface area (Å²) in [6.45, 7) is 8.20. The van der Waals surface area contributed by atoms with Gasteiger partial charge in [0.05, 0.1) is 12.5 Å². The number of hydrogen-bond acceptors (Lipinski definition) is 6. The van der Waals surface area contributed by atoms with Crippen molar-refractivity contribution in [3.8, 4) is 0 Å². The molecule has 0 spiro atoms. The molecule has 2 aromatic rings. The lowest BCUT2D eigenvalue weighted by Gasteiger charge is -2.26. The van der Waals surface area contributed by atoms with Crippen molar-refractivity contribution in [2.75, 3.05) is 6.54 Å². The minimum Gasteiger partial charge on any atom is -0.425 e. The predicted molar refractivity (Wildman–Crippen MR) is 143 cm³/mol. The van der Waals surface area contributed by atoms with Crippen molar-refractivity contribution >= 4 is 23.7 Å². The lowest BCUT2D eigenvalue weighted by atomic mass is 9.93. The van der Waals surface area contributed by atoms with E-state index in [1.54, 1.807) is 30.3 Å². The van der Waals surface area contributed by atoms with Gasteiger partial charge < -0.3 is 20.3 Å². The SMILES string of the molecule is CCCCC(NC(=O)OC1CC(C)(C)CN1C(=O)Cc1cccnc1)C(=O)C(=O)N[C@H](C)c1ccccc1. The molecule has 9 nitrogen and oxygen atoms in total. The Morgan fingerprint density at radius 1 is 1.11 bits per heavy atom. The number of Topliss-reactive ketones (excluding diaryl/α,β-unsaturated/α-hetero) is 1. The number of nitrogens with zero attached hydrogens (tertiary/aromatic N) is 2. The molecule has 0 radical (unpaired) electrons. The van der Waals surface area contributed by atoms with Crippen molar-refractivity contribution in [2.45, 2.75) is 78.1 Å². The number of ether oxygens (including phenoxy) is 1. The zero-order valence-electron chi connectivity index (χ0n) is 22.6. The van der Waals surface area contributed by atoms with Crippen LogP contribution < -0.4 is 10.6 Å². The van der Waals surface area contributed by atoms with Gasteiger partial charge in [-0.2, -0.15) is 0 Å². The fraction of sp³-hybridized carbons (Fsp3) is 0.483. The summed E-state index contributed by atoms with van der Waals surface area (Å²) in [6, 6.07) is 11.5. The van der Waals surface area contributed by atoms with Crippen molar-refractivity contribution in [2.24, 2.45) is 5.41 Å². The number of ketones is 1. The first kappa shape index (κ1) is 28.8. The van der Waals surface area contributed by atoms with E-state index < -0.39 is 30.1 Å². The molecule has 0 bridgehead atoms. The van der Waals surface area contributed by atoms with Crippen molar-refractivity contribution in [1.29, 1.82) is 0 Å². The fourth-order valence-corrected chi connectivity index (χ4v) is 4.57. The van der Waals surface area contributed by atoms with Crippen LogP contribution in [0.1, 0.15) is 70.5 Å². The normalized spacial score (nSPS) is 17.8. The van der Waals surface area contributed by atoms with E-state index in [9.17, 15) is 19.2 Å². The third kappa shape index (κ3) is 8.13. The van der Waals surface area contributed by atoms with Gasteiger partial charge in [0.1, 0.15) is 6.04 Å². The Morgan fingerprint density at radius 2 is 1.84 bits per heavy atom. The number of pyridine rings is 1. The Hall–Kier alpha value is -3.75. The molecule has 1 aliphatic rings. The van der Waals surface area contributed by atoms with Crippen molar-refractivity contribution in [3.63, 3.8) is 0 Å². The van der Waals surface area contributed by atoms with E-state index >= 15 is 0 Å². The second-order valence-corrected chi connectivity index (χ2v) is 10.6. The van der Waals surface area contributed by atoms with Gasteiger partial charge in [-0.05, 0) is 36.0 Å². The lowest BCUT2D eigenvalue weighted by Crippen LogP contribution is -2.49. The second kappa shape index (κ2) is 13.2. The van der Waals surface area contributed by atoms with Crippen LogP contribution in [0.5, 0.6) is 0 Å². The molecule has 3 rings (SSSR count). The molecule has 3 amide bonds. The van der Waals surface area contributed by atoms with Crippen LogP contribution >= 0.6 is 0 Å². The van der Waals surface area contributed by atoms with Crippen molar-refractivity contribution in [1.82, 2.24) is 20.5 Å². The monoisotopic (exact) mass is 522 g/mol. The first-order valence-corrected chi connectivity index (χ1v) is 13.1. The number of carbonyl (C=O) groups excluding carboxylic acids is 4. The van der Waals surface area contributed by atoms with Crippen molar-refractivity contribution < 1.29 is 23.9 Å². The number of nitrogens with one attached hydrogen (secondary N) is 2. The summed E-state index contributed by atoms with van der Waals surface area (Å²) < 4.78 is 5.66. The molecule has 2 N–H and O–H groups in total. The molecule has 204 valence electrons. The number of amides is 3. The number of unbranched alkanes of at least 4 members (excludes halogenated alkanes) is 1. The van der Waals surface area contributed by atoms with Gasteiger partial charge in [0, 0.05) is 25.4 Å². The van der Waals surface area contributed by atoms with Gasteiger partial charge in [-0.25, -0.2) is 4.79 Å². The third-order valence-electron chi connectivity index (χ3n) is 6.64. The summed E-state index contributed by atoms with van der Waals surface area (Å²) in [5, 5.41) is 5.31. The first-order valence-electron chi connectivity index (χ1n) is 13.1. The standard InChI is InChI=1S/C29H38N4O5/c1-5-6-14-23(26(35)27(36)31-20(2)22-12-8-7-9-13-22)32-28(37)38-25-17-29(3,4)19-33(25)24(34)16-21-11-10-15-30-18-21/h7-13,15,18,20,23,25H,5-6,14,16-17,19H2,1-4H3,(H,31,36)(H,32,37)/t20-,23?,25?/m1/s1. The summed E-state index contributed by atoms with van der Waals surface area (Å²) >= 11 is 0. The molecular weight excluding hydrogens is 484 g/mol. The molecule has 1 aromatic heterocycles. The Bertz CT molecular complexity index is 1110. The maximum atomic E-state index is 13.1. The van der Waals surface area contributed by atoms with Crippen molar-refractivity contribution in [3.05, 3.63) is 66.0 Å². The van der Waals surface area contributed by atoms with Crippen LogP contribution in [-0.4, -0.2) is 52.4 Å². The van der Waals surface area contributed by atoms with E-state index in [-0.39, 0.29) is 23.8 Å². The zero-order chi connectivity index (χ0) is 27.7. The molecule has 1 fully saturated rings. The maximum Gasteiger partial charge on any atom is 0.409 e. The lowest BCUT2D eigenvalue weighted by molar-refractivity contribution is -0.140. The Labute approximate surface area is 224 Å². The van der Waals surface area contributed by atoms with Crippen LogP contribution in [0.15, 0.2) is 54.9 Å². The molecule has 1 saturated heterocycles. The van der Waals surface area contributed by atoms with E-state index in [1.165, 1.54) is 0 Å². The molecule has 2 unspecified atom stereocenters. The van der Waals surface area contributed by atoms with Gasteiger partial charge in [0.25, 0.3) is 5.91 Å². The number of alkyl carbamates (subject to hydrolysis) is 1. The predicted octanol–water partition coefficient (Wildman–Crippen LogP) is 3.94. The molecule has 9 heteroatoms. The van der Waals surface area contributed by atoms with E-state index in [4.69, 9.17) is 4.74 Å². The Kier molecular flexibility index (Phi) is 9.98. The maximum absolute atomic E-state index is 13.1. The Balaban J connectivity index is 1.64. The summed E-state index contributed by atoms with van der Waals surface area (Å²) in [4.78, 5) is 57.3. The van der Waals surface area contributed by atoms with Crippen LogP contribution in [0, 0.1) is 5.41 Å². The number of likely N-dealkylation sites (tertiary alicyclic amines) is 1. The highest BCUT2D eigenvalue weighted by atomic mass is 16.6. The van der Waals surface area contributed by atoms with Crippen LogP contribution in [0.3, 0.4) is 0 Å². The van der Waals surface area contributed by atoms with Crippen LogP contribution in [0.2, 0.25) is 0 Å². The van der Waals surface area contributed by atoms with E-state index in [2.05, 4.69) is 15.6 Å². The average Bonchev–Trinajstić information content (AvgIpc) is 3.20. The van der Waals surface area contributed by atoms with Crippen LogP contribution in [0.4, 0.5) is 4.79 Å². The largest absolute Gasteiger partial charge is 0.425 e. The molecule has 1 aromatic carbocycles. The highest BCUT2D eigenvalue weighted by Gasteiger charge is 2.42. The molecular formula is C29H38N4O5. The smallest absolute Gasteiger partial charge is 0.409 e. The zero-order valence-corrected chi connectivity index (χ0v) is 22.6. The average molecular weight is 523 g/mol. The van der Waals surface area contributed by atoms with Gasteiger partial charge in [0.2, 0.25) is 11.7 Å². The number of carbonyl (C=O) groups is 4. The number of benzene rings is 1. The summed E-state index contributed by atoms with van der Waals surface area (Å²) in [5.74, 6) is -1.67. The Morgan fingerprint density at radius 3 is 2.50 bits per heavy atom. The topological polar surface area (TPSA) is 118 Å². The summed E-state index contributed by atoms with van der Waals surface area (Å²) in [6.07, 6.45) is 4.01. The van der Waals surface area contributed by atoms with Gasteiger partial charge in [-0.15, -0.1) is 0 Å². The van der Waals surface area contributed by atoms with Gasteiger partial charge in [-0.1, -0.05) is 70.0 Å². The second-order valence-electron chi connectivity index (χ2n) is 10.6. The van der Waals surface area contributed by atoms with Gasteiger partial charge >= 0.3 is 6.09 Å². The molecule has 2 heterocycles. The molecule has 0 aliphatic carbocycles. The first-order chi connectivity index (χ1) is 18.1. The summed E-state index contributed by atoms with van der Waals surface area (Å²) in [7, 11) is 0. The highest BCUT2D eigenvalue weighted by Crippen LogP contribution is 2.35.